The molecular weight excluding hydrogens is 433 g/mol. The van der Waals surface area contributed by atoms with Gasteiger partial charge in [-0.2, -0.15) is 0 Å². The Kier molecular flexibility index (Phi) is 5.64. The van der Waals surface area contributed by atoms with E-state index in [1.165, 1.54) is 12.1 Å². The molecule has 33 heavy (non-hydrogen) atoms. The maximum absolute atomic E-state index is 13.5. The maximum atomic E-state index is 13.5. The highest BCUT2D eigenvalue weighted by atomic mass is 32.1. The predicted molar refractivity (Wildman–Crippen MR) is 130 cm³/mol. The van der Waals surface area contributed by atoms with Gasteiger partial charge < -0.3 is 14.8 Å². The topological polar surface area (TPSA) is 46.0 Å². The van der Waals surface area contributed by atoms with Crippen molar-refractivity contribution >= 4 is 17.3 Å². The van der Waals surface area contributed by atoms with Gasteiger partial charge in [-0.25, -0.2) is 4.39 Å². The summed E-state index contributed by atoms with van der Waals surface area (Å²) in [5, 5.41) is 4.21. The van der Waals surface area contributed by atoms with Gasteiger partial charge in [0.2, 0.25) is 0 Å². The maximum Gasteiger partial charge on any atom is 0.170 e. The molecule has 5 rings (SSSR count). The Hall–Kier alpha value is -3.58. The summed E-state index contributed by atoms with van der Waals surface area (Å²) in [4.78, 5) is 11.0. The van der Waals surface area contributed by atoms with Crippen LogP contribution in [0.15, 0.2) is 79.3 Å². The third kappa shape index (κ3) is 4.00. The van der Waals surface area contributed by atoms with Crippen molar-refractivity contribution in [1.82, 2.24) is 24.8 Å². The molecule has 0 saturated carbocycles. The van der Waals surface area contributed by atoms with Crippen LogP contribution < -0.4 is 5.32 Å². The second-order valence-electron chi connectivity index (χ2n) is 8.25. The van der Waals surface area contributed by atoms with Crippen LogP contribution in [-0.2, 0) is 6.54 Å². The second kappa shape index (κ2) is 8.75. The molecule has 4 aromatic rings. The SMILES string of the molecule is Cc1cc([C@H]2[C@H](c3ccccn3)NC(=S)N2Cc2ccncc2)c(C)n1-c1ccc(F)cc1. The molecule has 0 amide bonds. The molecule has 1 aliphatic heterocycles. The van der Waals surface area contributed by atoms with Crippen molar-refractivity contribution in [2.45, 2.75) is 32.5 Å². The molecule has 0 unspecified atom stereocenters. The number of nitrogens with zero attached hydrogens (tertiary/aromatic N) is 4. The van der Waals surface area contributed by atoms with Crippen LogP contribution in [0.1, 0.15) is 40.3 Å². The summed E-state index contributed by atoms with van der Waals surface area (Å²) in [5.41, 5.74) is 6.34. The monoisotopic (exact) mass is 457 g/mol. The minimum atomic E-state index is -0.245. The Morgan fingerprint density at radius 1 is 1.00 bits per heavy atom. The van der Waals surface area contributed by atoms with Crippen molar-refractivity contribution < 1.29 is 4.39 Å². The number of thiocarbonyl (C=S) groups is 1. The third-order valence-electron chi connectivity index (χ3n) is 6.17. The molecule has 1 N–H and O–H groups in total. The van der Waals surface area contributed by atoms with E-state index in [9.17, 15) is 4.39 Å². The third-order valence-corrected chi connectivity index (χ3v) is 6.53. The molecule has 2 atom stereocenters. The Labute approximate surface area is 197 Å². The average molecular weight is 458 g/mol. The minimum absolute atomic E-state index is 0.0547. The molecular formula is C26H24FN5S. The lowest BCUT2D eigenvalue weighted by Gasteiger charge is -2.28. The van der Waals surface area contributed by atoms with Crippen molar-refractivity contribution in [3.8, 4) is 5.69 Å². The number of halogens is 1. The fourth-order valence-electron chi connectivity index (χ4n) is 4.67. The Balaban J connectivity index is 1.61. The van der Waals surface area contributed by atoms with Crippen LogP contribution in [-0.4, -0.2) is 24.5 Å². The first-order valence-corrected chi connectivity index (χ1v) is 11.3. The number of nitrogens with one attached hydrogen (secondary N) is 1. The first-order valence-electron chi connectivity index (χ1n) is 10.8. The fourth-order valence-corrected chi connectivity index (χ4v) is 4.98. The first-order chi connectivity index (χ1) is 16.0. The van der Waals surface area contributed by atoms with E-state index in [-0.39, 0.29) is 17.9 Å². The fraction of sp³-hybridized carbons (Fsp3) is 0.192. The molecule has 1 fully saturated rings. The van der Waals surface area contributed by atoms with Crippen molar-refractivity contribution in [3.05, 3.63) is 113 Å². The summed E-state index contributed by atoms with van der Waals surface area (Å²) in [6.07, 6.45) is 5.41. The number of rotatable bonds is 5. The summed E-state index contributed by atoms with van der Waals surface area (Å²) < 4.78 is 15.7. The number of hydrogen-bond donors (Lipinski definition) is 1. The van der Waals surface area contributed by atoms with E-state index < -0.39 is 0 Å². The van der Waals surface area contributed by atoms with Crippen LogP contribution >= 0.6 is 12.2 Å². The number of aromatic nitrogens is 3. The molecule has 0 spiro atoms. The Morgan fingerprint density at radius 3 is 2.45 bits per heavy atom. The van der Waals surface area contributed by atoms with E-state index in [1.807, 2.05) is 48.7 Å². The number of benzene rings is 1. The lowest BCUT2D eigenvalue weighted by Crippen LogP contribution is -2.29. The predicted octanol–water partition coefficient (Wildman–Crippen LogP) is 5.20. The van der Waals surface area contributed by atoms with Crippen LogP contribution in [0.25, 0.3) is 5.69 Å². The van der Waals surface area contributed by atoms with Crippen LogP contribution in [0.4, 0.5) is 4.39 Å². The van der Waals surface area contributed by atoms with Gasteiger partial charge in [-0.1, -0.05) is 6.07 Å². The number of hydrogen-bond acceptors (Lipinski definition) is 3. The lowest BCUT2D eigenvalue weighted by atomic mass is 9.96. The highest BCUT2D eigenvalue weighted by Crippen LogP contribution is 2.42. The average Bonchev–Trinajstić information content (AvgIpc) is 3.31. The molecule has 5 nitrogen and oxygen atoms in total. The van der Waals surface area contributed by atoms with Gasteiger partial charge in [-0.05, 0) is 91.8 Å². The lowest BCUT2D eigenvalue weighted by molar-refractivity contribution is 0.310. The molecule has 1 aromatic carbocycles. The normalized spacial score (nSPS) is 17.9. The number of aryl methyl sites for hydroxylation is 1. The van der Waals surface area contributed by atoms with Crippen molar-refractivity contribution in [3.63, 3.8) is 0 Å². The van der Waals surface area contributed by atoms with E-state index in [4.69, 9.17) is 12.2 Å². The zero-order chi connectivity index (χ0) is 22.9. The second-order valence-corrected chi connectivity index (χ2v) is 8.63. The van der Waals surface area contributed by atoms with Gasteiger partial charge >= 0.3 is 0 Å². The highest BCUT2D eigenvalue weighted by molar-refractivity contribution is 7.80. The summed E-state index contributed by atoms with van der Waals surface area (Å²) in [7, 11) is 0. The van der Waals surface area contributed by atoms with Crippen LogP contribution in [0.2, 0.25) is 0 Å². The first kappa shape index (κ1) is 21.3. The van der Waals surface area contributed by atoms with Gasteiger partial charge in [-0.15, -0.1) is 0 Å². The van der Waals surface area contributed by atoms with Crippen molar-refractivity contribution in [2.75, 3.05) is 0 Å². The van der Waals surface area contributed by atoms with E-state index in [1.54, 1.807) is 12.4 Å². The van der Waals surface area contributed by atoms with Crippen LogP contribution in [0, 0.1) is 19.7 Å². The molecule has 0 aliphatic carbocycles. The molecule has 1 aliphatic rings. The summed E-state index contributed by atoms with van der Waals surface area (Å²) in [6, 6.07) is 18.6. The molecule has 166 valence electrons. The van der Waals surface area contributed by atoms with Crippen molar-refractivity contribution in [1.29, 1.82) is 0 Å². The van der Waals surface area contributed by atoms with Gasteiger partial charge in [-0.3, -0.25) is 9.97 Å². The smallest absolute Gasteiger partial charge is 0.170 e. The standard InChI is InChI=1S/C26H24FN5S/c1-17-15-22(18(2)32(17)21-8-6-20(27)7-9-21)25-24(23-5-3-4-12-29-23)30-26(33)31(25)16-19-10-13-28-14-11-19/h3-15,24-25H,16H2,1-2H3,(H,30,33)/t24-,25-/m0/s1. The van der Waals surface area contributed by atoms with Crippen LogP contribution in [0.3, 0.4) is 0 Å². The minimum Gasteiger partial charge on any atom is -0.352 e. The van der Waals surface area contributed by atoms with Crippen LogP contribution in [0.5, 0.6) is 0 Å². The Morgan fingerprint density at radius 2 is 1.76 bits per heavy atom. The summed E-state index contributed by atoms with van der Waals surface area (Å²) in [5.74, 6) is -0.245. The van der Waals surface area contributed by atoms with E-state index >= 15 is 0 Å². The van der Waals surface area contributed by atoms with Crippen molar-refractivity contribution in [2.24, 2.45) is 0 Å². The molecule has 0 radical (unpaired) electrons. The van der Waals surface area contributed by atoms with E-state index in [2.05, 4.69) is 44.7 Å². The molecule has 7 heteroatoms. The molecule has 0 bridgehead atoms. The quantitative estimate of drug-likeness (QED) is 0.418. The summed E-state index contributed by atoms with van der Waals surface area (Å²) >= 11 is 5.81. The van der Waals surface area contributed by atoms with Gasteiger partial charge in [0.25, 0.3) is 0 Å². The highest BCUT2D eigenvalue weighted by Gasteiger charge is 2.41. The van der Waals surface area contributed by atoms with Gasteiger partial charge in [0, 0.05) is 42.2 Å². The van der Waals surface area contributed by atoms with Gasteiger partial charge in [0.05, 0.1) is 17.8 Å². The van der Waals surface area contributed by atoms with Gasteiger partial charge in [0.1, 0.15) is 5.82 Å². The van der Waals surface area contributed by atoms with E-state index in [0.717, 1.165) is 33.9 Å². The number of pyridine rings is 2. The molecule has 4 heterocycles. The molecule has 1 saturated heterocycles. The largest absolute Gasteiger partial charge is 0.352 e. The Bertz CT molecular complexity index is 1270. The van der Waals surface area contributed by atoms with E-state index in [0.29, 0.717) is 11.7 Å². The summed E-state index contributed by atoms with van der Waals surface area (Å²) in [6.45, 7) is 4.83. The zero-order valence-corrected chi connectivity index (χ0v) is 19.3. The molecule has 3 aromatic heterocycles. The van der Waals surface area contributed by atoms with Gasteiger partial charge in [0.15, 0.2) is 5.11 Å². The zero-order valence-electron chi connectivity index (χ0n) is 18.4.